The second kappa shape index (κ2) is 10.4. The Morgan fingerprint density at radius 1 is 0.919 bits per heavy atom. The number of piperidine rings is 1. The second-order valence-electron chi connectivity index (χ2n) is 10.0. The molecular weight excluding hydrogens is 479 g/mol. The van der Waals surface area contributed by atoms with E-state index in [4.69, 9.17) is 9.47 Å². The van der Waals surface area contributed by atoms with Crippen LogP contribution in [0.5, 0.6) is 5.75 Å². The van der Waals surface area contributed by atoms with Crippen molar-refractivity contribution in [3.8, 4) is 5.75 Å². The van der Waals surface area contributed by atoms with E-state index in [1.165, 1.54) is 18.2 Å². The predicted molar refractivity (Wildman–Crippen MR) is 137 cm³/mol. The number of hydrogen-bond acceptors (Lipinski definition) is 4. The fourth-order valence-corrected chi connectivity index (χ4v) is 6.12. The number of phenols is 1. The number of alkyl halides is 2. The van der Waals surface area contributed by atoms with Crippen molar-refractivity contribution >= 4 is 5.69 Å². The highest BCUT2D eigenvalue weighted by Gasteiger charge is 2.47. The molecule has 0 radical (unpaired) electrons. The van der Waals surface area contributed by atoms with E-state index in [1.807, 2.05) is 36.4 Å². The Morgan fingerprint density at radius 3 is 2.24 bits per heavy atom. The number of nitrogens with zero attached hydrogens (tertiary/aromatic N) is 1. The quantitative estimate of drug-likeness (QED) is 0.371. The predicted octanol–water partition coefficient (Wildman–Crippen LogP) is 6.78. The molecule has 1 aliphatic carbocycles. The van der Waals surface area contributed by atoms with Crippen LogP contribution in [0.4, 0.5) is 18.9 Å². The molecule has 0 bridgehead atoms. The number of aromatic hydroxyl groups is 1. The van der Waals surface area contributed by atoms with Gasteiger partial charge in [-0.05, 0) is 53.8 Å². The summed E-state index contributed by atoms with van der Waals surface area (Å²) >= 11 is 0. The maximum absolute atomic E-state index is 15.9. The van der Waals surface area contributed by atoms with Gasteiger partial charge in [0.2, 0.25) is 0 Å². The fraction of sp³-hybridized carbons (Fsp3) is 0.400. The molecule has 5 rings (SSSR count). The maximum Gasteiger partial charge on any atom is 0.274 e. The van der Waals surface area contributed by atoms with Gasteiger partial charge in [-0.1, -0.05) is 42.5 Å². The van der Waals surface area contributed by atoms with Gasteiger partial charge in [0, 0.05) is 62.7 Å². The van der Waals surface area contributed by atoms with Crippen molar-refractivity contribution in [3.63, 3.8) is 0 Å². The lowest BCUT2D eigenvalue weighted by atomic mass is 9.67. The van der Waals surface area contributed by atoms with Crippen molar-refractivity contribution in [2.45, 2.75) is 43.3 Å². The summed E-state index contributed by atoms with van der Waals surface area (Å²) in [5.74, 6) is -4.74. The first-order valence-electron chi connectivity index (χ1n) is 12.7. The lowest BCUT2D eigenvalue weighted by Gasteiger charge is -2.39. The Hall–Kier alpha value is -3.03. The Bertz CT molecular complexity index is 1220. The van der Waals surface area contributed by atoms with Crippen LogP contribution in [0.2, 0.25) is 0 Å². The molecule has 1 heterocycles. The monoisotopic (exact) mass is 511 g/mol. The van der Waals surface area contributed by atoms with Crippen LogP contribution in [0.25, 0.3) is 0 Å². The van der Waals surface area contributed by atoms with Gasteiger partial charge in [-0.2, -0.15) is 0 Å². The van der Waals surface area contributed by atoms with Crippen molar-refractivity contribution in [1.82, 2.24) is 0 Å². The molecule has 3 aromatic rings. The van der Waals surface area contributed by atoms with Crippen LogP contribution in [0.1, 0.15) is 53.4 Å². The molecule has 0 saturated carbocycles. The highest BCUT2D eigenvalue weighted by atomic mass is 19.3. The summed E-state index contributed by atoms with van der Waals surface area (Å²) in [4.78, 5) is 2.14. The molecule has 0 aromatic heterocycles. The summed E-state index contributed by atoms with van der Waals surface area (Å²) in [5, 5.41) is 9.95. The van der Waals surface area contributed by atoms with E-state index in [2.05, 4.69) is 4.90 Å². The average Bonchev–Trinajstić information content (AvgIpc) is 2.91. The van der Waals surface area contributed by atoms with Crippen LogP contribution >= 0.6 is 0 Å². The smallest absolute Gasteiger partial charge is 0.274 e. The third-order valence-corrected chi connectivity index (χ3v) is 7.95. The molecule has 196 valence electrons. The van der Waals surface area contributed by atoms with Crippen LogP contribution in [0.3, 0.4) is 0 Å². The molecule has 2 aliphatic rings. The van der Waals surface area contributed by atoms with Crippen molar-refractivity contribution in [2.24, 2.45) is 5.92 Å². The summed E-state index contributed by atoms with van der Waals surface area (Å²) in [7, 11) is 3.27. The van der Waals surface area contributed by atoms with E-state index in [9.17, 15) is 5.11 Å². The molecule has 0 amide bonds. The minimum Gasteiger partial charge on any atom is -0.508 e. The first-order chi connectivity index (χ1) is 17.8. The number of anilines is 1. The number of ether oxygens (including phenoxy) is 2. The maximum atomic E-state index is 15.9. The molecule has 1 aliphatic heterocycles. The van der Waals surface area contributed by atoms with Gasteiger partial charge in [0.1, 0.15) is 11.6 Å². The number of halogens is 3. The molecule has 0 spiro atoms. The molecule has 7 heteroatoms. The van der Waals surface area contributed by atoms with Crippen LogP contribution < -0.4 is 4.90 Å². The number of methoxy groups -OCH3 is 2. The number of hydrogen-bond donors (Lipinski definition) is 1. The van der Waals surface area contributed by atoms with E-state index in [0.717, 1.165) is 43.2 Å². The van der Waals surface area contributed by atoms with Crippen LogP contribution in [0, 0.1) is 11.7 Å². The second-order valence-corrected chi connectivity index (χ2v) is 10.0. The SMILES string of the molecule is COC(OC)C1CCN(c2ccc([C@H]3c4ccc(O)cc4C(F)(F)C[C@H]3c3ccccc3)c(F)c2)CC1. The summed E-state index contributed by atoms with van der Waals surface area (Å²) < 4.78 is 57.3. The van der Waals surface area contributed by atoms with Gasteiger partial charge in [0.15, 0.2) is 6.29 Å². The molecule has 2 atom stereocenters. The minimum atomic E-state index is -3.14. The standard InChI is InChI=1S/C30H32F3NO3/c1-36-29(37-2)20-12-14-34(15-13-20)21-8-10-24(27(31)16-21)28-23-11-9-22(35)17-26(23)30(32,33)18-25(28)19-6-4-3-5-7-19/h3-11,16-17,20,25,28-29,35H,12-15,18H2,1-2H3/t25-,28+/m0/s1. The summed E-state index contributed by atoms with van der Waals surface area (Å²) in [5.41, 5.74) is 2.01. The first kappa shape index (κ1) is 25.6. The van der Waals surface area contributed by atoms with Crippen molar-refractivity contribution in [2.75, 3.05) is 32.2 Å². The zero-order valence-corrected chi connectivity index (χ0v) is 21.0. The number of rotatable bonds is 6. The normalized spacial score (nSPS) is 21.7. The Morgan fingerprint density at radius 2 is 1.59 bits per heavy atom. The number of fused-ring (bicyclic) bond motifs is 1. The van der Waals surface area contributed by atoms with Gasteiger partial charge < -0.3 is 19.5 Å². The van der Waals surface area contributed by atoms with Crippen LogP contribution in [0.15, 0.2) is 66.7 Å². The van der Waals surface area contributed by atoms with Crippen LogP contribution in [-0.2, 0) is 15.4 Å². The van der Waals surface area contributed by atoms with E-state index in [-0.39, 0.29) is 23.5 Å². The van der Waals surface area contributed by atoms with Crippen molar-refractivity contribution < 1.29 is 27.8 Å². The molecule has 37 heavy (non-hydrogen) atoms. The fourth-order valence-electron chi connectivity index (χ4n) is 6.12. The Kier molecular flexibility index (Phi) is 7.19. The zero-order chi connectivity index (χ0) is 26.2. The first-order valence-corrected chi connectivity index (χ1v) is 12.7. The van der Waals surface area contributed by atoms with Gasteiger partial charge in [0.25, 0.3) is 5.92 Å². The molecule has 0 unspecified atom stereocenters. The molecule has 1 fully saturated rings. The number of benzene rings is 3. The van der Waals surface area contributed by atoms with Gasteiger partial charge in [-0.15, -0.1) is 0 Å². The summed E-state index contributed by atoms with van der Waals surface area (Å²) in [6.07, 6.45) is 1.01. The van der Waals surface area contributed by atoms with Gasteiger partial charge in [-0.25, -0.2) is 13.2 Å². The lowest BCUT2D eigenvalue weighted by Crippen LogP contribution is -2.39. The zero-order valence-electron chi connectivity index (χ0n) is 21.0. The van der Waals surface area contributed by atoms with E-state index in [1.54, 1.807) is 20.3 Å². The minimum absolute atomic E-state index is 0.223. The number of phenolic OH excluding ortho intramolecular Hbond substituents is 1. The highest BCUT2D eigenvalue weighted by molar-refractivity contribution is 5.54. The Balaban J connectivity index is 1.49. The molecule has 1 N–H and O–H groups in total. The Labute approximate surface area is 215 Å². The van der Waals surface area contributed by atoms with Crippen molar-refractivity contribution in [3.05, 3.63) is 94.8 Å². The lowest BCUT2D eigenvalue weighted by molar-refractivity contribution is -0.141. The molecule has 3 aromatic carbocycles. The van der Waals surface area contributed by atoms with Gasteiger partial charge in [-0.3, -0.25) is 0 Å². The topological polar surface area (TPSA) is 41.9 Å². The molecule has 1 saturated heterocycles. The van der Waals surface area contributed by atoms with Gasteiger partial charge in [0.05, 0.1) is 0 Å². The third kappa shape index (κ3) is 4.94. The van der Waals surface area contributed by atoms with Crippen molar-refractivity contribution in [1.29, 1.82) is 0 Å². The average molecular weight is 512 g/mol. The third-order valence-electron chi connectivity index (χ3n) is 7.95. The van der Waals surface area contributed by atoms with E-state index in [0.29, 0.717) is 11.1 Å². The largest absolute Gasteiger partial charge is 0.508 e. The van der Waals surface area contributed by atoms with Crippen LogP contribution in [-0.4, -0.2) is 38.7 Å². The summed E-state index contributed by atoms with van der Waals surface area (Å²) in [6.45, 7) is 1.49. The molecule has 4 nitrogen and oxygen atoms in total. The summed E-state index contributed by atoms with van der Waals surface area (Å²) in [6, 6.07) is 18.3. The van der Waals surface area contributed by atoms with Gasteiger partial charge >= 0.3 is 0 Å². The molecular formula is C30H32F3NO3. The van der Waals surface area contributed by atoms with E-state index >= 15 is 13.2 Å². The van der Waals surface area contributed by atoms with E-state index < -0.39 is 30.0 Å². The highest BCUT2D eigenvalue weighted by Crippen LogP contribution is 2.55.